The number of hydrogen-bond acceptors (Lipinski definition) is 2. The van der Waals surface area contributed by atoms with E-state index in [-0.39, 0.29) is 5.91 Å². The molecule has 2 rings (SSSR count). The maximum absolute atomic E-state index is 12.3. The first-order valence-electron chi connectivity index (χ1n) is 7.20. The molecule has 0 aliphatic carbocycles. The van der Waals surface area contributed by atoms with E-state index in [0.29, 0.717) is 18.4 Å². The second kappa shape index (κ2) is 6.71. The molecule has 1 fully saturated rings. The van der Waals surface area contributed by atoms with Gasteiger partial charge >= 0.3 is 0 Å². The van der Waals surface area contributed by atoms with Crippen LogP contribution >= 0.6 is 0 Å². The fourth-order valence-corrected chi connectivity index (χ4v) is 2.66. The highest BCUT2D eigenvalue weighted by molar-refractivity contribution is 5.78. The van der Waals surface area contributed by atoms with Crippen molar-refractivity contribution in [2.45, 2.75) is 32.7 Å². The van der Waals surface area contributed by atoms with Crippen LogP contribution in [0.1, 0.15) is 25.8 Å². The van der Waals surface area contributed by atoms with Gasteiger partial charge in [0.05, 0.1) is 6.42 Å². The minimum absolute atomic E-state index is 0.251. The van der Waals surface area contributed by atoms with Crippen LogP contribution in [0.25, 0.3) is 0 Å². The van der Waals surface area contributed by atoms with E-state index in [1.807, 2.05) is 35.2 Å². The van der Waals surface area contributed by atoms with Crippen LogP contribution in [0.3, 0.4) is 0 Å². The van der Waals surface area contributed by atoms with E-state index in [2.05, 4.69) is 19.2 Å². The Bertz CT molecular complexity index is 402. The van der Waals surface area contributed by atoms with Crippen LogP contribution in [0, 0.1) is 5.92 Å². The van der Waals surface area contributed by atoms with Crippen molar-refractivity contribution >= 4 is 5.91 Å². The van der Waals surface area contributed by atoms with Crippen molar-refractivity contribution in [3.63, 3.8) is 0 Å². The minimum atomic E-state index is 0.251. The highest BCUT2D eigenvalue weighted by Gasteiger charge is 2.23. The molecule has 0 radical (unpaired) electrons. The predicted molar refractivity (Wildman–Crippen MR) is 78.0 cm³/mol. The lowest BCUT2D eigenvalue weighted by Gasteiger charge is -2.34. The van der Waals surface area contributed by atoms with Gasteiger partial charge in [-0.2, -0.15) is 0 Å². The zero-order valence-corrected chi connectivity index (χ0v) is 11.9. The van der Waals surface area contributed by atoms with Gasteiger partial charge in [0.15, 0.2) is 0 Å². The van der Waals surface area contributed by atoms with Gasteiger partial charge in [-0.3, -0.25) is 4.79 Å². The van der Waals surface area contributed by atoms with Crippen molar-refractivity contribution in [2.24, 2.45) is 5.92 Å². The summed E-state index contributed by atoms with van der Waals surface area (Å²) in [7, 11) is 0. The van der Waals surface area contributed by atoms with Crippen molar-refractivity contribution in [1.29, 1.82) is 0 Å². The Morgan fingerprint density at radius 1 is 1.37 bits per heavy atom. The molecule has 0 spiro atoms. The number of benzene rings is 1. The van der Waals surface area contributed by atoms with Crippen molar-refractivity contribution in [3.8, 4) is 0 Å². The highest BCUT2D eigenvalue weighted by Crippen LogP contribution is 2.11. The summed E-state index contributed by atoms with van der Waals surface area (Å²) in [6.45, 7) is 7.06. The number of nitrogens with zero attached hydrogens (tertiary/aromatic N) is 1. The van der Waals surface area contributed by atoms with Gasteiger partial charge in [0.1, 0.15) is 0 Å². The van der Waals surface area contributed by atoms with Gasteiger partial charge in [0.25, 0.3) is 0 Å². The maximum atomic E-state index is 12.3. The molecule has 3 nitrogen and oxygen atoms in total. The molecular weight excluding hydrogens is 236 g/mol. The first kappa shape index (κ1) is 14.1. The van der Waals surface area contributed by atoms with Crippen LogP contribution in [0.15, 0.2) is 30.3 Å². The van der Waals surface area contributed by atoms with Gasteiger partial charge in [-0.15, -0.1) is 0 Å². The summed E-state index contributed by atoms with van der Waals surface area (Å²) >= 11 is 0. The molecular formula is C16H24N2O. The molecule has 104 valence electrons. The second-order valence-corrected chi connectivity index (χ2v) is 5.78. The van der Waals surface area contributed by atoms with Crippen molar-refractivity contribution in [2.75, 3.05) is 19.6 Å². The third-order valence-electron chi connectivity index (χ3n) is 3.56. The summed E-state index contributed by atoms with van der Waals surface area (Å²) < 4.78 is 0. The van der Waals surface area contributed by atoms with Gasteiger partial charge in [-0.05, 0) is 17.9 Å². The van der Waals surface area contributed by atoms with Crippen LogP contribution in [-0.2, 0) is 11.2 Å². The highest BCUT2D eigenvalue weighted by atomic mass is 16.2. The van der Waals surface area contributed by atoms with Crippen LogP contribution in [0.2, 0.25) is 0 Å². The van der Waals surface area contributed by atoms with Crippen LogP contribution < -0.4 is 5.32 Å². The van der Waals surface area contributed by atoms with E-state index >= 15 is 0 Å². The summed E-state index contributed by atoms with van der Waals surface area (Å²) in [6, 6.07) is 10.5. The maximum Gasteiger partial charge on any atom is 0.227 e. The van der Waals surface area contributed by atoms with Crippen LogP contribution in [0.4, 0.5) is 0 Å². The fourth-order valence-electron chi connectivity index (χ4n) is 2.66. The minimum Gasteiger partial charge on any atom is -0.340 e. The Balaban J connectivity index is 1.88. The Labute approximate surface area is 116 Å². The largest absolute Gasteiger partial charge is 0.340 e. The quantitative estimate of drug-likeness (QED) is 0.899. The van der Waals surface area contributed by atoms with E-state index in [1.165, 1.54) is 0 Å². The lowest BCUT2D eigenvalue weighted by Crippen LogP contribution is -2.53. The predicted octanol–water partition coefficient (Wildman–Crippen LogP) is 2.08. The number of nitrogens with one attached hydrogen (secondary N) is 1. The molecule has 1 atom stereocenters. The molecule has 0 saturated carbocycles. The van der Waals surface area contributed by atoms with E-state index in [0.717, 1.165) is 31.6 Å². The summed E-state index contributed by atoms with van der Waals surface area (Å²) in [5.41, 5.74) is 1.10. The summed E-state index contributed by atoms with van der Waals surface area (Å²) in [5.74, 6) is 0.920. The molecule has 1 aliphatic heterocycles. The van der Waals surface area contributed by atoms with Crippen molar-refractivity contribution < 1.29 is 4.79 Å². The van der Waals surface area contributed by atoms with Crippen LogP contribution in [0.5, 0.6) is 0 Å². The standard InChI is InChI=1S/C16H24N2O/c1-13(2)10-15-12-18(9-8-17-15)16(19)11-14-6-4-3-5-7-14/h3-7,13,15,17H,8-12H2,1-2H3. The average molecular weight is 260 g/mol. The molecule has 1 aliphatic rings. The lowest BCUT2D eigenvalue weighted by atomic mass is 10.0. The number of piperazine rings is 1. The van der Waals surface area contributed by atoms with Gasteiger partial charge in [-0.1, -0.05) is 44.2 Å². The number of carbonyl (C=O) groups is 1. The molecule has 1 aromatic carbocycles. The molecule has 19 heavy (non-hydrogen) atoms. The van der Waals surface area contributed by atoms with E-state index in [1.54, 1.807) is 0 Å². The normalized spacial score (nSPS) is 19.7. The van der Waals surface area contributed by atoms with Gasteiger partial charge in [0.2, 0.25) is 5.91 Å². The van der Waals surface area contributed by atoms with Crippen LogP contribution in [-0.4, -0.2) is 36.5 Å². The van der Waals surface area contributed by atoms with E-state index in [4.69, 9.17) is 0 Å². The SMILES string of the molecule is CC(C)CC1CN(C(=O)Cc2ccccc2)CCN1. The topological polar surface area (TPSA) is 32.3 Å². The zero-order chi connectivity index (χ0) is 13.7. The summed E-state index contributed by atoms with van der Waals surface area (Å²) in [5, 5.41) is 3.51. The molecule has 1 N–H and O–H groups in total. The number of hydrogen-bond donors (Lipinski definition) is 1. The summed E-state index contributed by atoms with van der Waals surface area (Å²) in [4.78, 5) is 14.3. The third kappa shape index (κ3) is 4.35. The van der Waals surface area contributed by atoms with Crippen molar-refractivity contribution in [1.82, 2.24) is 10.2 Å². The fraction of sp³-hybridized carbons (Fsp3) is 0.562. The summed E-state index contributed by atoms with van der Waals surface area (Å²) in [6.07, 6.45) is 1.66. The molecule has 1 unspecified atom stereocenters. The number of carbonyl (C=O) groups excluding carboxylic acids is 1. The molecule has 0 bridgehead atoms. The Morgan fingerprint density at radius 3 is 2.79 bits per heavy atom. The molecule has 1 saturated heterocycles. The molecule has 3 heteroatoms. The zero-order valence-electron chi connectivity index (χ0n) is 11.9. The Morgan fingerprint density at radius 2 is 2.11 bits per heavy atom. The number of rotatable bonds is 4. The van der Waals surface area contributed by atoms with E-state index in [9.17, 15) is 4.79 Å². The first-order chi connectivity index (χ1) is 9.15. The van der Waals surface area contributed by atoms with Gasteiger partial charge in [-0.25, -0.2) is 0 Å². The average Bonchev–Trinajstić information content (AvgIpc) is 2.39. The molecule has 1 heterocycles. The monoisotopic (exact) mass is 260 g/mol. The molecule has 1 amide bonds. The smallest absolute Gasteiger partial charge is 0.227 e. The van der Waals surface area contributed by atoms with E-state index < -0.39 is 0 Å². The Kier molecular flexibility index (Phi) is 4.97. The Hall–Kier alpha value is -1.35. The first-order valence-corrected chi connectivity index (χ1v) is 7.20. The number of amides is 1. The molecule has 1 aromatic rings. The van der Waals surface area contributed by atoms with Gasteiger partial charge < -0.3 is 10.2 Å². The molecule has 0 aromatic heterocycles. The lowest BCUT2D eigenvalue weighted by molar-refractivity contribution is -0.131. The second-order valence-electron chi connectivity index (χ2n) is 5.78. The third-order valence-corrected chi connectivity index (χ3v) is 3.56. The van der Waals surface area contributed by atoms with Crippen molar-refractivity contribution in [3.05, 3.63) is 35.9 Å². The van der Waals surface area contributed by atoms with Gasteiger partial charge in [0, 0.05) is 25.7 Å².